The van der Waals surface area contributed by atoms with E-state index in [2.05, 4.69) is 20.8 Å². The fraction of sp³-hybridized carbons (Fsp3) is 0.692. The van der Waals surface area contributed by atoms with Gasteiger partial charge in [0.2, 0.25) is 10.0 Å². The Balaban J connectivity index is 2.09. The molecule has 1 aromatic rings. The van der Waals surface area contributed by atoms with Crippen molar-refractivity contribution in [2.45, 2.75) is 24.3 Å². The Kier molecular flexibility index (Phi) is 5.84. The van der Waals surface area contributed by atoms with Crippen molar-refractivity contribution in [1.82, 2.24) is 9.21 Å². The number of aliphatic hydroxyl groups is 1. The molecule has 1 N–H and O–H groups in total. The molecule has 21 heavy (non-hydrogen) atoms. The number of rotatable bonds is 5. The van der Waals surface area contributed by atoms with Crippen LogP contribution >= 0.6 is 27.3 Å². The maximum atomic E-state index is 12.7. The van der Waals surface area contributed by atoms with Crippen LogP contribution in [-0.2, 0) is 16.6 Å². The molecule has 1 saturated heterocycles. The van der Waals surface area contributed by atoms with E-state index in [1.165, 1.54) is 11.3 Å². The van der Waals surface area contributed by atoms with E-state index in [1.54, 1.807) is 10.4 Å². The summed E-state index contributed by atoms with van der Waals surface area (Å²) in [4.78, 5) is 3.09. The SMILES string of the molecule is CN(C)CC1CCN(S(=O)(=O)c2cc(CO)sc2Br)CC1. The Morgan fingerprint density at radius 1 is 1.43 bits per heavy atom. The number of hydrogen-bond acceptors (Lipinski definition) is 5. The van der Waals surface area contributed by atoms with Gasteiger partial charge in [0.1, 0.15) is 4.90 Å². The van der Waals surface area contributed by atoms with Crippen LogP contribution in [-0.4, -0.2) is 56.5 Å². The summed E-state index contributed by atoms with van der Waals surface area (Å²) in [6, 6.07) is 1.57. The predicted octanol–water partition coefficient (Wildman–Crippen LogP) is 1.97. The molecule has 0 unspecified atom stereocenters. The molecule has 120 valence electrons. The Bertz CT molecular complexity index is 578. The van der Waals surface area contributed by atoms with Crippen LogP contribution in [0.2, 0.25) is 0 Å². The fourth-order valence-corrected chi connectivity index (χ4v) is 6.60. The second-order valence-corrected chi connectivity index (χ2v) is 9.98. The molecule has 0 aliphatic carbocycles. The molecule has 5 nitrogen and oxygen atoms in total. The molecule has 1 aliphatic rings. The number of piperidine rings is 1. The van der Waals surface area contributed by atoms with E-state index in [0.29, 0.717) is 27.7 Å². The van der Waals surface area contributed by atoms with Crippen molar-refractivity contribution in [3.05, 3.63) is 14.7 Å². The highest BCUT2D eigenvalue weighted by Gasteiger charge is 2.31. The lowest BCUT2D eigenvalue weighted by Crippen LogP contribution is -2.40. The first kappa shape index (κ1) is 17.4. The van der Waals surface area contributed by atoms with Gasteiger partial charge in [-0.2, -0.15) is 4.31 Å². The molecular weight excluding hydrogens is 376 g/mol. The van der Waals surface area contributed by atoms with E-state index in [0.717, 1.165) is 19.4 Å². The smallest absolute Gasteiger partial charge is 0.245 e. The lowest BCUT2D eigenvalue weighted by molar-refractivity contribution is 0.225. The highest BCUT2D eigenvalue weighted by atomic mass is 79.9. The summed E-state index contributed by atoms with van der Waals surface area (Å²) in [5.41, 5.74) is 0. The summed E-state index contributed by atoms with van der Waals surface area (Å²) in [6.07, 6.45) is 1.79. The fourth-order valence-electron chi connectivity index (χ4n) is 2.64. The minimum atomic E-state index is -3.46. The van der Waals surface area contributed by atoms with Gasteiger partial charge in [-0.25, -0.2) is 8.42 Å². The van der Waals surface area contributed by atoms with Crippen molar-refractivity contribution in [2.75, 3.05) is 33.7 Å². The summed E-state index contributed by atoms with van der Waals surface area (Å²) >= 11 is 4.57. The monoisotopic (exact) mass is 396 g/mol. The normalized spacial score (nSPS) is 18.5. The van der Waals surface area contributed by atoms with Crippen LogP contribution in [0.3, 0.4) is 0 Å². The van der Waals surface area contributed by atoms with Gasteiger partial charge in [0.25, 0.3) is 0 Å². The van der Waals surface area contributed by atoms with Crippen LogP contribution in [0.1, 0.15) is 17.7 Å². The topological polar surface area (TPSA) is 60.9 Å². The molecule has 2 rings (SSSR count). The molecule has 1 aromatic heterocycles. The highest BCUT2D eigenvalue weighted by Crippen LogP contribution is 2.34. The van der Waals surface area contributed by atoms with Gasteiger partial charge >= 0.3 is 0 Å². The van der Waals surface area contributed by atoms with Crippen LogP contribution in [0.15, 0.2) is 14.7 Å². The Hall–Kier alpha value is 0.01000. The summed E-state index contributed by atoms with van der Waals surface area (Å²) in [5, 5.41) is 9.15. The Morgan fingerprint density at radius 2 is 2.05 bits per heavy atom. The van der Waals surface area contributed by atoms with E-state index in [1.807, 2.05) is 14.1 Å². The van der Waals surface area contributed by atoms with Gasteiger partial charge in [0.05, 0.1) is 10.4 Å². The molecule has 0 spiro atoms. The lowest BCUT2D eigenvalue weighted by Gasteiger charge is -2.32. The van der Waals surface area contributed by atoms with Crippen molar-refractivity contribution in [2.24, 2.45) is 5.92 Å². The van der Waals surface area contributed by atoms with Gasteiger partial charge in [-0.15, -0.1) is 11.3 Å². The van der Waals surface area contributed by atoms with E-state index < -0.39 is 10.0 Å². The summed E-state index contributed by atoms with van der Waals surface area (Å²) < 4.78 is 27.5. The van der Waals surface area contributed by atoms with Crippen LogP contribution in [0.25, 0.3) is 0 Å². The van der Waals surface area contributed by atoms with Crippen molar-refractivity contribution >= 4 is 37.3 Å². The first-order valence-electron chi connectivity index (χ1n) is 6.88. The lowest BCUT2D eigenvalue weighted by atomic mass is 9.98. The molecule has 0 radical (unpaired) electrons. The molecule has 0 amide bonds. The number of nitrogens with zero attached hydrogens (tertiary/aromatic N) is 2. The number of thiophene rings is 1. The van der Waals surface area contributed by atoms with Gasteiger partial charge in [0, 0.05) is 24.5 Å². The molecule has 0 aromatic carbocycles. The van der Waals surface area contributed by atoms with Crippen molar-refractivity contribution in [1.29, 1.82) is 0 Å². The van der Waals surface area contributed by atoms with E-state index in [9.17, 15) is 8.42 Å². The second-order valence-electron chi connectivity index (χ2n) is 5.62. The highest BCUT2D eigenvalue weighted by molar-refractivity contribution is 9.11. The molecule has 8 heteroatoms. The largest absolute Gasteiger partial charge is 0.391 e. The van der Waals surface area contributed by atoms with Gasteiger partial charge in [-0.3, -0.25) is 0 Å². The standard InChI is InChI=1S/C13H21BrN2O3S2/c1-15(2)8-10-3-5-16(6-4-10)21(18,19)12-7-11(9-17)20-13(12)14/h7,10,17H,3-6,8-9H2,1-2H3. The summed E-state index contributed by atoms with van der Waals surface area (Å²) in [7, 11) is 0.626. The van der Waals surface area contributed by atoms with Crippen molar-refractivity contribution < 1.29 is 13.5 Å². The molecule has 0 bridgehead atoms. The quantitative estimate of drug-likeness (QED) is 0.826. The molecule has 1 fully saturated rings. The number of sulfonamides is 1. The number of hydrogen-bond donors (Lipinski definition) is 1. The summed E-state index contributed by atoms with van der Waals surface area (Å²) in [6.45, 7) is 2.00. The maximum Gasteiger partial charge on any atom is 0.245 e. The Morgan fingerprint density at radius 3 is 2.52 bits per heavy atom. The first-order chi connectivity index (χ1) is 9.84. The van der Waals surface area contributed by atoms with Crippen LogP contribution in [0, 0.1) is 5.92 Å². The second kappa shape index (κ2) is 7.06. The average molecular weight is 397 g/mol. The van der Waals surface area contributed by atoms with Crippen molar-refractivity contribution in [3.8, 4) is 0 Å². The van der Waals surface area contributed by atoms with Gasteiger partial charge in [-0.05, 0) is 54.9 Å². The summed E-state index contributed by atoms with van der Waals surface area (Å²) in [5.74, 6) is 0.561. The predicted molar refractivity (Wildman–Crippen MR) is 88.0 cm³/mol. The molecular formula is C13H21BrN2O3S2. The van der Waals surface area contributed by atoms with E-state index in [-0.39, 0.29) is 11.5 Å². The minimum Gasteiger partial charge on any atom is -0.391 e. The zero-order chi connectivity index (χ0) is 15.6. The zero-order valence-corrected chi connectivity index (χ0v) is 15.5. The minimum absolute atomic E-state index is 0.135. The van der Waals surface area contributed by atoms with E-state index >= 15 is 0 Å². The van der Waals surface area contributed by atoms with Crippen molar-refractivity contribution in [3.63, 3.8) is 0 Å². The Labute approximate surface area is 138 Å². The first-order valence-corrected chi connectivity index (χ1v) is 9.93. The average Bonchev–Trinajstić information content (AvgIpc) is 2.81. The van der Waals surface area contributed by atoms with Gasteiger partial charge in [-0.1, -0.05) is 0 Å². The number of halogens is 1. The number of aliphatic hydroxyl groups excluding tert-OH is 1. The maximum absolute atomic E-state index is 12.7. The molecule has 0 saturated carbocycles. The van der Waals surface area contributed by atoms with E-state index in [4.69, 9.17) is 5.11 Å². The zero-order valence-electron chi connectivity index (χ0n) is 12.2. The van der Waals surface area contributed by atoms with Crippen LogP contribution in [0.5, 0.6) is 0 Å². The van der Waals surface area contributed by atoms with Crippen LogP contribution in [0.4, 0.5) is 0 Å². The third-order valence-electron chi connectivity index (χ3n) is 3.68. The van der Waals surface area contributed by atoms with Gasteiger partial charge < -0.3 is 10.0 Å². The molecule has 2 heterocycles. The third-order valence-corrected chi connectivity index (χ3v) is 7.81. The molecule has 0 atom stereocenters. The molecule has 1 aliphatic heterocycles. The third kappa shape index (κ3) is 4.05. The van der Waals surface area contributed by atoms with Gasteiger partial charge in [0.15, 0.2) is 0 Å². The van der Waals surface area contributed by atoms with Crippen LogP contribution < -0.4 is 0 Å².